The van der Waals surface area contributed by atoms with Crippen LogP contribution in [0.25, 0.3) is 0 Å². The van der Waals surface area contributed by atoms with Gasteiger partial charge in [-0.2, -0.15) is 0 Å². The van der Waals surface area contributed by atoms with Crippen molar-refractivity contribution in [2.45, 2.75) is 51.3 Å². The van der Waals surface area contributed by atoms with Crippen molar-refractivity contribution < 1.29 is 9.90 Å². The lowest BCUT2D eigenvalue weighted by molar-refractivity contribution is 0.0838. The summed E-state index contributed by atoms with van der Waals surface area (Å²) < 4.78 is 2.17. The third-order valence-corrected chi connectivity index (χ3v) is 6.73. The van der Waals surface area contributed by atoms with Gasteiger partial charge in [-0.1, -0.05) is 24.3 Å². The summed E-state index contributed by atoms with van der Waals surface area (Å²) in [6.07, 6.45) is 7.21. The van der Waals surface area contributed by atoms with Gasteiger partial charge >= 0.3 is 0 Å². The summed E-state index contributed by atoms with van der Waals surface area (Å²) in [6.45, 7) is 3.62. The molecule has 6 heteroatoms. The van der Waals surface area contributed by atoms with Gasteiger partial charge in [-0.3, -0.25) is 9.69 Å². The van der Waals surface area contributed by atoms with Crippen LogP contribution < -0.4 is 5.32 Å². The van der Waals surface area contributed by atoms with E-state index in [0.29, 0.717) is 12.2 Å². The van der Waals surface area contributed by atoms with Crippen LogP contribution in [0.1, 0.15) is 46.7 Å². The number of fused-ring (bicyclic) bond motifs is 2. The number of carbonyl (C=O) groups is 1. The predicted octanol–water partition coefficient (Wildman–Crippen LogP) is 2.00. The van der Waals surface area contributed by atoms with Crippen LogP contribution in [0.15, 0.2) is 30.5 Å². The molecule has 1 saturated carbocycles. The van der Waals surface area contributed by atoms with Crippen LogP contribution in [0.5, 0.6) is 0 Å². The van der Waals surface area contributed by atoms with E-state index in [1.165, 1.54) is 30.4 Å². The van der Waals surface area contributed by atoms with Crippen LogP contribution >= 0.6 is 0 Å². The van der Waals surface area contributed by atoms with Gasteiger partial charge in [-0.05, 0) is 48.6 Å². The second-order valence-corrected chi connectivity index (χ2v) is 8.95. The summed E-state index contributed by atoms with van der Waals surface area (Å²) in [4.78, 5) is 19.3. The Balaban J connectivity index is 1.11. The SMILES string of the molecule is O=C(NCC(O)CN1CCc2ccccc2C1)c1cn2c(n1)CCC(C1CC1)C2. The molecule has 1 fully saturated rings. The summed E-state index contributed by atoms with van der Waals surface area (Å²) in [7, 11) is 0. The molecule has 5 rings (SSSR count). The van der Waals surface area contributed by atoms with Gasteiger partial charge in [0.15, 0.2) is 0 Å². The first kappa shape index (κ1) is 18.8. The fourth-order valence-electron chi connectivity index (χ4n) is 4.91. The van der Waals surface area contributed by atoms with E-state index in [1.54, 1.807) is 0 Å². The highest BCUT2D eigenvalue weighted by Crippen LogP contribution is 2.41. The largest absolute Gasteiger partial charge is 0.390 e. The van der Waals surface area contributed by atoms with Crippen LogP contribution in [0.2, 0.25) is 0 Å². The number of hydrogen-bond donors (Lipinski definition) is 2. The number of nitrogens with zero attached hydrogens (tertiary/aromatic N) is 3. The van der Waals surface area contributed by atoms with Gasteiger partial charge in [0.05, 0.1) is 6.10 Å². The van der Waals surface area contributed by atoms with E-state index in [0.717, 1.165) is 50.1 Å². The molecule has 3 aliphatic rings. The molecule has 2 aromatic rings. The fraction of sp³-hybridized carbons (Fsp3) is 0.565. The number of aromatic nitrogens is 2. The van der Waals surface area contributed by atoms with E-state index in [-0.39, 0.29) is 12.5 Å². The van der Waals surface area contributed by atoms with E-state index in [2.05, 4.69) is 44.0 Å². The summed E-state index contributed by atoms with van der Waals surface area (Å²) in [5, 5.41) is 13.3. The molecule has 2 N–H and O–H groups in total. The average Bonchev–Trinajstić information content (AvgIpc) is 3.50. The molecule has 0 radical (unpaired) electrons. The first-order chi connectivity index (χ1) is 14.2. The Bertz CT molecular complexity index is 889. The molecule has 1 aromatic heterocycles. The van der Waals surface area contributed by atoms with E-state index in [1.807, 2.05) is 6.20 Å². The van der Waals surface area contributed by atoms with Gasteiger partial charge in [0.1, 0.15) is 11.5 Å². The lowest BCUT2D eigenvalue weighted by Gasteiger charge is -2.30. The van der Waals surface area contributed by atoms with Crippen molar-refractivity contribution in [1.29, 1.82) is 0 Å². The van der Waals surface area contributed by atoms with Crippen molar-refractivity contribution >= 4 is 5.91 Å². The summed E-state index contributed by atoms with van der Waals surface area (Å²) in [5.41, 5.74) is 3.22. The minimum absolute atomic E-state index is 0.182. The molecule has 0 saturated heterocycles. The van der Waals surface area contributed by atoms with E-state index in [4.69, 9.17) is 0 Å². The lowest BCUT2D eigenvalue weighted by atomic mass is 9.95. The van der Waals surface area contributed by atoms with Crippen LogP contribution in [0.4, 0.5) is 0 Å². The third-order valence-electron chi connectivity index (χ3n) is 6.73. The molecule has 3 heterocycles. The molecule has 0 spiro atoms. The smallest absolute Gasteiger partial charge is 0.271 e. The Labute approximate surface area is 171 Å². The third kappa shape index (κ3) is 4.23. The van der Waals surface area contributed by atoms with Crippen molar-refractivity contribution in [3.63, 3.8) is 0 Å². The molecule has 2 unspecified atom stereocenters. The highest BCUT2D eigenvalue weighted by Gasteiger charge is 2.34. The maximum atomic E-state index is 12.5. The van der Waals surface area contributed by atoms with Gasteiger partial charge in [0.2, 0.25) is 0 Å². The maximum Gasteiger partial charge on any atom is 0.271 e. The average molecular weight is 395 g/mol. The molecule has 154 valence electrons. The Morgan fingerprint density at radius 3 is 2.83 bits per heavy atom. The topological polar surface area (TPSA) is 70.4 Å². The molecule has 1 aliphatic carbocycles. The molecule has 2 aliphatic heterocycles. The number of aliphatic hydroxyl groups is 1. The standard InChI is InChI=1S/C23H30N4O2/c28-20(14-26-10-9-16-3-1-2-4-18(16)12-26)11-24-23(29)21-15-27-13-19(17-5-6-17)7-8-22(27)25-21/h1-4,15,17,19-20,28H,5-14H2,(H,24,29). The zero-order chi connectivity index (χ0) is 19.8. The normalized spacial score (nSPS) is 22.6. The van der Waals surface area contributed by atoms with Crippen LogP contribution in [-0.4, -0.2) is 51.2 Å². The van der Waals surface area contributed by atoms with Crippen molar-refractivity contribution in [2.75, 3.05) is 19.6 Å². The molecule has 6 nitrogen and oxygen atoms in total. The van der Waals surface area contributed by atoms with Gasteiger partial charge in [0, 0.05) is 45.3 Å². The van der Waals surface area contributed by atoms with Gasteiger partial charge in [-0.15, -0.1) is 0 Å². The highest BCUT2D eigenvalue weighted by molar-refractivity contribution is 5.92. The number of carbonyl (C=O) groups excluding carboxylic acids is 1. The van der Waals surface area contributed by atoms with Crippen molar-refractivity contribution in [3.8, 4) is 0 Å². The summed E-state index contributed by atoms with van der Waals surface area (Å²) >= 11 is 0. The lowest BCUT2D eigenvalue weighted by Crippen LogP contribution is -2.42. The first-order valence-corrected chi connectivity index (χ1v) is 11.0. The number of hydrogen-bond acceptors (Lipinski definition) is 4. The molecule has 29 heavy (non-hydrogen) atoms. The number of amides is 1. The highest BCUT2D eigenvalue weighted by atomic mass is 16.3. The number of aryl methyl sites for hydroxylation is 1. The van der Waals surface area contributed by atoms with Crippen molar-refractivity contribution in [1.82, 2.24) is 19.8 Å². The Morgan fingerprint density at radius 1 is 1.17 bits per heavy atom. The van der Waals surface area contributed by atoms with Crippen LogP contribution in [0, 0.1) is 11.8 Å². The quantitative estimate of drug-likeness (QED) is 0.786. The monoisotopic (exact) mass is 394 g/mol. The zero-order valence-corrected chi connectivity index (χ0v) is 16.9. The Hall–Kier alpha value is -2.18. The van der Waals surface area contributed by atoms with Crippen LogP contribution in [0.3, 0.4) is 0 Å². The molecule has 2 atom stereocenters. The predicted molar refractivity (Wildman–Crippen MR) is 111 cm³/mol. The van der Waals surface area contributed by atoms with Gasteiger partial charge in [0.25, 0.3) is 5.91 Å². The molecular weight excluding hydrogens is 364 g/mol. The second kappa shape index (κ2) is 7.92. The van der Waals surface area contributed by atoms with Crippen molar-refractivity contribution in [2.24, 2.45) is 11.8 Å². The Kier molecular flexibility index (Phi) is 5.14. The Morgan fingerprint density at radius 2 is 2.00 bits per heavy atom. The minimum Gasteiger partial charge on any atom is -0.390 e. The molecule has 1 amide bonds. The van der Waals surface area contributed by atoms with Crippen LogP contribution in [-0.2, 0) is 25.9 Å². The number of aliphatic hydroxyl groups excluding tert-OH is 1. The number of imidazole rings is 1. The second-order valence-electron chi connectivity index (χ2n) is 8.95. The van der Waals surface area contributed by atoms with Crippen molar-refractivity contribution in [3.05, 3.63) is 53.1 Å². The van der Waals surface area contributed by atoms with E-state index < -0.39 is 6.10 Å². The molecular formula is C23H30N4O2. The number of benzene rings is 1. The fourth-order valence-corrected chi connectivity index (χ4v) is 4.91. The van der Waals surface area contributed by atoms with E-state index >= 15 is 0 Å². The first-order valence-electron chi connectivity index (χ1n) is 11.0. The van der Waals surface area contributed by atoms with E-state index in [9.17, 15) is 9.90 Å². The number of β-amino-alcohol motifs (C(OH)–C–C–N with tert-alkyl or cyclic N) is 1. The zero-order valence-electron chi connectivity index (χ0n) is 16.9. The number of nitrogens with one attached hydrogen (secondary N) is 1. The van der Waals surface area contributed by atoms with Gasteiger partial charge < -0.3 is 15.0 Å². The molecule has 1 aromatic carbocycles. The van der Waals surface area contributed by atoms with Gasteiger partial charge in [-0.25, -0.2) is 4.98 Å². The minimum atomic E-state index is -0.583. The molecule has 0 bridgehead atoms. The maximum absolute atomic E-state index is 12.5. The number of rotatable bonds is 6. The summed E-state index contributed by atoms with van der Waals surface area (Å²) in [5.74, 6) is 2.49. The summed E-state index contributed by atoms with van der Waals surface area (Å²) in [6, 6.07) is 8.49.